The third-order valence-corrected chi connectivity index (χ3v) is 4.53. The van der Waals surface area contributed by atoms with Crippen molar-refractivity contribution in [2.24, 2.45) is 0 Å². The summed E-state index contributed by atoms with van der Waals surface area (Å²) in [4.78, 5) is 18.9. The average molecular weight is 304 g/mol. The summed E-state index contributed by atoms with van der Waals surface area (Å²) in [5.74, 6) is 0.113. The first-order valence-corrected chi connectivity index (χ1v) is 7.64. The van der Waals surface area contributed by atoms with Crippen molar-refractivity contribution in [2.75, 3.05) is 24.2 Å². The van der Waals surface area contributed by atoms with Gasteiger partial charge in [-0.15, -0.1) is 0 Å². The second kappa shape index (κ2) is 6.58. The van der Waals surface area contributed by atoms with Crippen LogP contribution in [0.3, 0.4) is 0 Å². The highest BCUT2D eigenvalue weighted by atomic mass is 32.1. The van der Waals surface area contributed by atoms with Crippen LogP contribution in [0, 0.1) is 6.92 Å². The van der Waals surface area contributed by atoms with Crippen molar-refractivity contribution in [2.45, 2.75) is 20.4 Å². The van der Waals surface area contributed by atoms with Crippen molar-refractivity contribution in [3.05, 3.63) is 40.3 Å². The van der Waals surface area contributed by atoms with E-state index in [9.17, 15) is 4.79 Å². The monoisotopic (exact) mass is 304 g/mol. The molecule has 0 aliphatic carbocycles. The number of rotatable bonds is 5. The first-order valence-electron chi connectivity index (χ1n) is 6.83. The van der Waals surface area contributed by atoms with Crippen LogP contribution in [0.4, 0.5) is 10.9 Å². The Balaban J connectivity index is 2.07. The van der Waals surface area contributed by atoms with E-state index in [4.69, 9.17) is 5.73 Å². The normalized spacial score (nSPS) is 10.4. The van der Waals surface area contributed by atoms with Crippen LogP contribution in [-0.4, -0.2) is 24.5 Å². The van der Waals surface area contributed by atoms with Crippen LogP contribution in [0.2, 0.25) is 0 Å². The predicted molar refractivity (Wildman–Crippen MR) is 87.8 cm³/mol. The van der Waals surface area contributed by atoms with Gasteiger partial charge in [0.1, 0.15) is 10.7 Å². The molecule has 0 spiro atoms. The van der Waals surface area contributed by atoms with Gasteiger partial charge in [-0.05, 0) is 25.0 Å². The van der Waals surface area contributed by atoms with Gasteiger partial charge >= 0.3 is 0 Å². The molecule has 0 unspecified atom stereocenters. The molecule has 112 valence electrons. The predicted octanol–water partition coefficient (Wildman–Crippen LogP) is 2.42. The lowest BCUT2D eigenvalue weighted by Gasteiger charge is -2.11. The quantitative estimate of drug-likeness (QED) is 0.890. The number of nitrogen functional groups attached to an aromatic ring is 1. The number of aromatic nitrogens is 1. The molecule has 2 aromatic rings. The van der Waals surface area contributed by atoms with Crippen LogP contribution in [-0.2, 0) is 6.54 Å². The van der Waals surface area contributed by atoms with Gasteiger partial charge in [0.2, 0.25) is 0 Å². The fraction of sp³-hybridized carbons (Fsp3) is 0.333. The molecular weight excluding hydrogens is 284 g/mol. The standard InChI is InChI=1S/C15H20N4OS/c1-4-19(3)15-18-13(16)12(21-15)14(20)17-9-11-8-6-5-7-10(11)2/h5-8H,4,9,16H2,1-3H3,(H,17,20). The molecule has 6 heteroatoms. The molecule has 0 saturated carbocycles. The number of thiazole rings is 1. The SMILES string of the molecule is CCN(C)c1nc(N)c(C(=O)NCc2ccccc2C)s1. The fourth-order valence-electron chi connectivity index (χ4n) is 1.85. The topological polar surface area (TPSA) is 71.2 Å². The minimum atomic E-state index is -0.177. The van der Waals surface area contributed by atoms with Gasteiger partial charge in [-0.25, -0.2) is 4.98 Å². The number of nitrogens with zero attached hydrogens (tertiary/aromatic N) is 2. The molecule has 0 saturated heterocycles. The molecule has 0 atom stereocenters. The molecule has 1 aromatic carbocycles. The molecule has 0 aliphatic heterocycles. The largest absolute Gasteiger partial charge is 0.382 e. The number of nitrogens with two attached hydrogens (primary N) is 1. The number of carbonyl (C=O) groups excluding carboxylic acids is 1. The lowest BCUT2D eigenvalue weighted by atomic mass is 10.1. The Bertz CT molecular complexity index is 638. The van der Waals surface area contributed by atoms with Crippen molar-refractivity contribution >= 4 is 28.2 Å². The number of hydrogen-bond donors (Lipinski definition) is 2. The summed E-state index contributed by atoms with van der Waals surface area (Å²) < 4.78 is 0. The maximum atomic E-state index is 12.2. The minimum absolute atomic E-state index is 0.177. The number of benzene rings is 1. The molecule has 0 aliphatic rings. The van der Waals surface area contributed by atoms with Gasteiger partial charge in [0.25, 0.3) is 5.91 Å². The number of carbonyl (C=O) groups is 1. The van der Waals surface area contributed by atoms with Crippen LogP contribution >= 0.6 is 11.3 Å². The van der Waals surface area contributed by atoms with Crippen LogP contribution in [0.15, 0.2) is 24.3 Å². The Kier molecular flexibility index (Phi) is 4.80. The maximum absolute atomic E-state index is 12.2. The lowest BCUT2D eigenvalue weighted by molar-refractivity contribution is 0.0955. The Morgan fingerprint density at radius 1 is 1.43 bits per heavy atom. The number of amides is 1. The van der Waals surface area contributed by atoms with E-state index in [1.165, 1.54) is 11.3 Å². The van der Waals surface area contributed by atoms with Crippen LogP contribution < -0.4 is 16.0 Å². The summed E-state index contributed by atoms with van der Waals surface area (Å²) in [6.45, 7) is 5.35. The van der Waals surface area contributed by atoms with Gasteiger partial charge in [-0.3, -0.25) is 4.79 Å². The molecule has 5 nitrogen and oxygen atoms in total. The van der Waals surface area contributed by atoms with E-state index < -0.39 is 0 Å². The number of aryl methyl sites for hydroxylation is 1. The molecule has 21 heavy (non-hydrogen) atoms. The van der Waals surface area contributed by atoms with Crippen LogP contribution in [0.25, 0.3) is 0 Å². The molecule has 0 radical (unpaired) electrons. The van der Waals surface area contributed by atoms with Crippen molar-refractivity contribution in [3.63, 3.8) is 0 Å². The average Bonchev–Trinajstić information content (AvgIpc) is 2.87. The highest BCUT2D eigenvalue weighted by Crippen LogP contribution is 2.27. The summed E-state index contributed by atoms with van der Waals surface area (Å²) in [5, 5.41) is 3.66. The van der Waals surface area contributed by atoms with Gasteiger partial charge in [0.15, 0.2) is 5.13 Å². The molecular formula is C15H20N4OS. The summed E-state index contributed by atoms with van der Waals surface area (Å²) in [5.41, 5.74) is 8.10. The van der Waals surface area contributed by atoms with Crippen LogP contribution in [0.1, 0.15) is 27.7 Å². The Morgan fingerprint density at radius 2 is 2.14 bits per heavy atom. The lowest BCUT2D eigenvalue weighted by Crippen LogP contribution is -2.23. The summed E-state index contributed by atoms with van der Waals surface area (Å²) in [6.07, 6.45) is 0. The highest BCUT2D eigenvalue weighted by molar-refractivity contribution is 7.18. The smallest absolute Gasteiger partial charge is 0.265 e. The maximum Gasteiger partial charge on any atom is 0.265 e. The first-order chi connectivity index (χ1) is 10.0. The molecule has 1 aromatic heterocycles. The number of hydrogen-bond acceptors (Lipinski definition) is 5. The summed E-state index contributed by atoms with van der Waals surface area (Å²) >= 11 is 1.32. The zero-order chi connectivity index (χ0) is 15.4. The Hall–Kier alpha value is -2.08. The van der Waals surface area contributed by atoms with Crippen molar-refractivity contribution < 1.29 is 4.79 Å². The van der Waals surface area contributed by atoms with Gasteiger partial charge in [-0.2, -0.15) is 0 Å². The zero-order valence-corrected chi connectivity index (χ0v) is 13.3. The van der Waals surface area contributed by atoms with E-state index >= 15 is 0 Å². The zero-order valence-electron chi connectivity index (χ0n) is 12.5. The van der Waals surface area contributed by atoms with E-state index in [0.717, 1.165) is 22.8 Å². The molecule has 0 bridgehead atoms. The van der Waals surface area contributed by atoms with E-state index in [0.29, 0.717) is 11.4 Å². The summed E-state index contributed by atoms with van der Waals surface area (Å²) in [7, 11) is 1.92. The van der Waals surface area contributed by atoms with Crippen LogP contribution in [0.5, 0.6) is 0 Å². The van der Waals surface area contributed by atoms with E-state index in [1.54, 1.807) is 0 Å². The molecule has 3 N–H and O–H groups in total. The van der Waals surface area contributed by atoms with Gasteiger partial charge in [0, 0.05) is 20.1 Å². The third-order valence-electron chi connectivity index (χ3n) is 3.35. The number of nitrogens with one attached hydrogen (secondary N) is 1. The van der Waals surface area contributed by atoms with E-state index in [-0.39, 0.29) is 11.7 Å². The first kappa shape index (κ1) is 15.3. The van der Waals surface area contributed by atoms with Gasteiger partial charge in [-0.1, -0.05) is 35.6 Å². The van der Waals surface area contributed by atoms with Crippen molar-refractivity contribution in [1.29, 1.82) is 0 Å². The molecule has 1 amide bonds. The highest BCUT2D eigenvalue weighted by Gasteiger charge is 2.17. The summed E-state index contributed by atoms with van der Waals surface area (Å²) in [6, 6.07) is 7.97. The fourth-order valence-corrected chi connectivity index (χ4v) is 2.77. The van der Waals surface area contributed by atoms with E-state index in [1.807, 2.05) is 50.1 Å². The van der Waals surface area contributed by atoms with Gasteiger partial charge in [0.05, 0.1) is 0 Å². The molecule has 1 heterocycles. The van der Waals surface area contributed by atoms with Crippen molar-refractivity contribution in [1.82, 2.24) is 10.3 Å². The molecule has 0 fully saturated rings. The molecule has 2 rings (SSSR count). The number of anilines is 2. The van der Waals surface area contributed by atoms with Crippen molar-refractivity contribution in [3.8, 4) is 0 Å². The van der Waals surface area contributed by atoms with E-state index in [2.05, 4.69) is 10.3 Å². The third kappa shape index (κ3) is 3.52. The second-order valence-electron chi connectivity index (χ2n) is 4.83. The second-order valence-corrected chi connectivity index (χ2v) is 5.81. The van der Waals surface area contributed by atoms with Gasteiger partial charge < -0.3 is 16.0 Å². The Labute approximate surface area is 128 Å². The Morgan fingerprint density at radius 3 is 2.81 bits per heavy atom. The minimum Gasteiger partial charge on any atom is -0.382 e.